The second-order valence-corrected chi connectivity index (χ2v) is 5.70. The fraction of sp³-hybridized carbons (Fsp3) is 0.667. The van der Waals surface area contributed by atoms with E-state index >= 15 is 0 Å². The van der Waals surface area contributed by atoms with Crippen molar-refractivity contribution in [1.82, 2.24) is 5.32 Å². The number of nitrogens with one attached hydrogen (secondary N) is 1. The lowest BCUT2D eigenvalue weighted by atomic mass is 9.96. The van der Waals surface area contributed by atoms with Crippen molar-refractivity contribution in [3.8, 4) is 0 Å². The SMILES string of the molecule is C=CCC(CC(NC(=O)OC(C)(C)C)C(=O)OC)C(=O)OC. The van der Waals surface area contributed by atoms with Gasteiger partial charge in [-0.3, -0.25) is 4.79 Å². The summed E-state index contributed by atoms with van der Waals surface area (Å²) in [6.07, 6.45) is 1.13. The van der Waals surface area contributed by atoms with Gasteiger partial charge in [-0.1, -0.05) is 6.08 Å². The van der Waals surface area contributed by atoms with E-state index in [9.17, 15) is 14.4 Å². The molecule has 0 saturated heterocycles. The highest BCUT2D eigenvalue weighted by molar-refractivity contribution is 5.82. The van der Waals surface area contributed by atoms with Gasteiger partial charge in [0.25, 0.3) is 0 Å². The Bertz CT molecular complexity index is 413. The molecule has 0 aliphatic heterocycles. The van der Waals surface area contributed by atoms with Crippen molar-refractivity contribution in [3.05, 3.63) is 12.7 Å². The Morgan fingerprint density at radius 1 is 1.14 bits per heavy atom. The summed E-state index contributed by atoms with van der Waals surface area (Å²) in [6, 6.07) is -1.01. The molecule has 7 heteroatoms. The standard InChI is InChI=1S/C15H25NO6/c1-7-8-10(12(17)20-5)9-11(13(18)21-6)16-14(19)22-15(2,3)4/h7,10-11H,1,8-9H2,2-6H3,(H,16,19). The number of allylic oxidation sites excluding steroid dienone is 1. The topological polar surface area (TPSA) is 90.9 Å². The molecule has 0 aromatic carbocycles. The molecular weight excluding hydrogens is 290 g/mol. The number of amides is 1. The molecule has 7 nitrogen and oxygen atoms in total. The van der Waals surface area contributed by atoms with Crippen molar-refractivity contribution in [1.29, 1.82) is 0 Å². The van der Waals surface area contributed by atoms with Crippen molar-refractivity contribution >= 4 is 18.0 Å². The molecule has 0 bridgehead atoms. The number of carbonyl (C=O) groups excluding carboxylic acids is 3. The zero-order valence-electron chi connectivity index (χ0n) is 13.8. The first-order valence-electron chi connectivity index (χ1n) is 6.90. The largest absolute Gasteiger partial charge is 0.469 e. The Kier molecular flexibility index (Phi) is 8.22. The number of alkyl carbamates (subject to hydrolysis) is 1. The summed E-state index contributed by atoms with van der Waals surface area (Å²) in [6.45, 7) is 8.67. The Labute approximate surface area is 131 Å². The second kappa shape index (κ2) is 9.07. The van der Waals surface area contributed by atoms with Crippen LogP contribution in [0.1, 0.15) is 33.6 Å². The van der Waals surface area contributed by atoms with Crippen LogP contribution in [0, 0.1) is 5.92 Å². The van der Waals surface area contributed by atoms with E-state index in [1.807, 2.05) is 0 Å². The van der Waals surface area contributed by atoms with Crippen LogP contribution in [-0.4, -0.2) is 43.9 Å². The maximum Gasteiger partial charge on any atom is 0.408 e. The summed E-state index contributed by atoms with van der Waals surface area (Å²) in [4.78, 5) is 35.3. The van der Waals surface area contributed by atoms with Gasteiger partial charge in [0.15, 0.2) is 0 Å². The van der Waals surface area contributed by atoms with Crippen LogP contribution in [0.25, 0.3) is 0 Å². The molecule has 2 unspecified atom stereocenters. The summed E-state index contributed by atoms with van der Waals surface area (Å²) >= 11 is 0. The summed E-state index contributed by atoms with van der Waals surface area (Å²) in [5, 5.41) is 2.41. The molecule has 0 fully saturated rings. The molecule has 0 saturated carbocycles. The minimum Gasteiger partial charge on any atom is -0.469 e. The lowest BCUT2D eigenvalue weighted by Gasteiger charge is -2.24. The smallest absolute Gasteiger partial charge is 0.408 e. The first-order valence-corrected chi connectivity index (χ1v) is 6.90. The number of hydrogen-bond donors (Lipinski definition) is 1. The van der Waals surface area contributed by atoms with Crippen molar-refractivity contribution in [3.63, 3.8) is 0 Å². The fourth-order valence-corrected chi connectivity index (χ4v) is 1.75. The number of rotatable bonds is 7. The van der Waals surface area contributed by atoms with Crippen LogP contribution < -0.4 is 5.32 Å². The molecule has 0 aliphatic rings. The van der Waals surface area contributed by atoms with Crippen molar-refractivity contribution in [2.45, 2.75) is 45.3 Å². The highest BCUT2D eigenvalue weighted by atomic mass is 16.6. The second-order valence-electron chi connectivity index (χ2n) is 5.70. The Morgan fingerprint density at radius 3 is 2.09 bits per heavy atom. The van der Waals surface area contributed by atoms with E-state index in [1.165, 1.54) is 14.2 Å². The number of hydrogen-bond acceptors (Lipinski definition) is 6. The van der Waals surface area contributed by atoms with Crippen molar-refractivity contribution in [2.75, 3.05) is 14.2 Å². The molecule has 2 atom stereocenters. The van der Waals surface area contributed by atoms with Gasteiger partial charge in [-0.05, 0) is 33.6 Å². The molecule has 0 spiro atoms. The van der Waals surface area contributed by atoms with E-state index in [-0.39, 0.29) is 6.42 Å². The third-order valence-corrected chi connectivity index (χ3v) is 2.68. The van der Waals surface area contributed by atoms with Gasteiger partial charge in [-0.2, -0.15) is 0 Å². The maximum atomic E-state index is 11.8. The van der Waals surface area contributed by atoms with Crippen LogP contribution in [0.3, 0.4) is 0 Å². The normalized spacial score (nSPS) is 13.5. The van der Waals surface area contributed by atoms with Crippen LogP contribution in [0.15, 0.2) is 12.7 Å². The molecule has 0 rings (SSSR count). The number of carbonyl (C=O) groups is 3. The first kappa shape index (κ1) is 19.9. The van der Waals surface area contributed by atoms with E-state index in [2.05, 4.69) is 21.4 Å². The highest BCUT2D eigenvalue weighted by Gasteiger charge is 2.30. The van der Waals surface area contributed by atoms with Crippen LogP contribution >= 0.6 is 0 Å². The Balaban J connectivity index is 4.96. The average Bonchev–Trinajstić information content (AvgIpc) is 2.42. The van der Waals surface area contributed by atoms with Gasteiger partial charge in [0.1, 0.15) is 11.6 Å². The monoisotopic (exact) mass is 315 g/mol. The number of methoxy groups -OCH3 is 2. The van der Waals surface area contributed by atoms with Gasteiger partial charge in [0, 0.05) is 0 Å². The molecule has 0 radical (unpaired) electrons. The first-order chi connectivity index (χ1) is 10.1. The van der Waals surface area contributed by atoms with Crippen LogP contribution in [0.4, 0.5) is 4.79 Å². The molecule has 22 heavy (non-hydrogen) atoms. The molecule has 0 aliphatic carbocycles. The number of esters is 2. The van der Waals surface area contributed by atoms with Gasteiger partial charge in [0.05, 0.1) is 20.1 Å². The average molecular weight is 315 g/mol. The number of ether oxygens (including phenoxy) is 3. The van der Waals surface area contributed by atoms with Gasteiger partial charge in [-0.15, -0.1) is 6.58 Å². The van der Waals surface area contributed by atoms with Gasteiger partial charge in [-0.25, -0.2) is 9.59 Å². The van der Waals surface area contributed by atoms with E-state index < -0.39 is 35.6 Å². The highest BCUT2D eigenvalue weighted by Crippen LogP contribution is 2.16. The van der Waals surface area contributed by atoms with Crippen molar-refractivity contribution in [2.24, 2.45) is 5.92 Å². The molecule has 0 aromatic rings. The van der Waals surface area contributed by atoms with Crippen LogP contribution in [-0.2, 0) is 23.8 Å². The Morgan fingerprint density at radius 2 is 1.68 bits per heavy atom. The predicted octanol–water partition coefficient (Wildman–Crippen LogP) is 1.81. The summed E-state index contributed by atoms with van der Waals surface area (Å²) in [5.41, 5.74) is -0.701. The summed E-state index contributed by atoms with van der Waals surface area (Å²) in [7, 11) is 2.46. The van der Waals surface area contributed by atoms with Gasteiger partial charge < -0.3 is 19.5 Å². The maximum absolute atomic E-state index is 11.8. The van der Waals surface area contributed by atoms with E-state index in [1.54, 1.807) is 26.8 Å². The molecular formula is C15H25NO6. The molecule has 1 amide bonds. The zero-order chi connectivity index (χ0) is 17.3. The molecule has 126 valence electrons. The quantitative estimate of drug-likeness (QED) is 0.438. The van der Waals surface area contributed by atoms with Crippen LogP contribution in [0.5, 0.6) is 0 Å². The van der Waals surface area contributed by atoms with E-state index in [0.717, 1.165) is 0 Å². The minimum absolute atomic E-state index is 0.0324. The molecule has 1 N–H and O–H groups in total. The minimum atomic E-state index is -1.01. The van der Waals surface area contributed by atoms with E-state index in [0.29, 0.717) is 6.42 Å². The third-order valence-electron chi connectivity index (χ3n) is 2.68. The molecule has 0 aromatic heterocycles. The van der Waals surface area contributed by atoms with Crippen molar-refractivity contribution < 1.29 is 28.6 Å². The van der Waals surface area contributed by atoms with Gasteiger partial charge >= 0.3 is 18.0 Å². The summed E-state index contributed by atoms with van der Waals surface area (Å²) < 4.78 is 14.4. The zero-order valence-corrected chi connectivity index (χ0v) is 13.8. The van der Waals surface area contributed by atoms with Crippen LogP contribution in [0.2, 0.25) is 0 Å². The van der Waals surface area contributed by atoms with E-state index in [4.69, 9.17) is 4.74 Å². The third kappa shape index (κ3) is 7.66. The lowest BCUT2D eigenvalue weighted by Crippen LogP contribution is -2.45. The predicted molar refractivity (Wildman–Crippen MR) is 80.1 cm³/mol. The fourth-order valence-electron chi connectivity index (χ4n) is 1.75. The lowest BCUT2D eigenvalue weighted by molar-refractivity contribution is -0.148. The molecule has 0 heterocycles. The Hall–Kier alpha value is -2.05. The summed E-state index contributed by atoms with van der Waals surface area (Å²) in [5.74, 6) is -1.76. The van der Waals surface area contributed by atoms with Gasteiger partial charge in [0.2, 0.25) is 0 Å².